The molecule has 1 N–H and O–H groups in total. The molecular weight excluding hydrogens is 358 g/mol. The van der Waals surface area contributed by atoms with E-state index in [-0.39, 0.29) is 5.82 Å². The summed E-state index contributed by atoms with van der Waals surface area (Å²) in [5.74, 6) is 1.30. The van der Waals surface area contributed by atoms with Crippen LogP contribution in [0.25, 0.3) is 11.0 Å². The van der Waals surface area contributed by atoms with Gasteiger partial charge in [0.1, 0.15) is 17.3 Å². The molecule has 146 valence electrons. The Bertz CT molecular complexity index is 1050. The number of methoxy groups -OCH3 is 2. The Labute approximate surface area is 163 Å². The highest BCUT2D eigenvalue weighted by Crippen LogP contribution is 2.30. The summed E-state index contributed by atoms with van der Waals surface area (Å²) in [6, 6.07) is 7.12. The SMILES string of the molecule is COc1ccc(OC)c(NC(=O)c2nc(N(C)C)c3c(C)cc(C)nc3n2)c1. The fourth-order valence-electron chi connectivity index (χ4n) is 2.97. The van der Waals surface area contributed by atoms with Gasteiger partial charge in [-0.25, -0.2) is 15.0 Å². The van der Waals surface area contributed by atoms with Crippen molar-refractivity contribution in [2.24, 2.45) is 0 Å². The number of fused-ring (bicyclic) bond motifs is 1. The van der Waals surface area contributed by atoms with Crippen LogP contribution in [0.15, 0.2) is 24.3 Å². The lowest BCUT2D eigenvalue weighted by molar-refractivity contribution is 0.101. The van der Waals surface area contributed by atoms with Gasteiger partial charge in [-0.15, -0.1) is 0 Å². The molecule has 8 nitrogen and oxygen atoms in total. The normalized spacial score (nSPS) is 10.6. The Balaban J connectivity index is 2.07. The van der Waals surface area contributed by atoms with Gasteiger partial charge in [0, 0.05) is 25.9 Å². The van der Waals surface area contributed by atoms with E-state index in [1.54, 1.807) is 25.3 Å². The molecule has 0 bridgehead atoms. The van der Waals surface area contributed by atoms with Gasteiger partial charge in [0.2, 0.25) is 5.82 Å². The number of ether oxygens (including phenoxy) is 2. The fraction of sp³-hybridized carbons (Fsp3) is 0.300. The van der Waals surface area contributed by atoms with Crippen LogP contribution in [0.3, 0.4) is 0 Å². The third-order valence-corrected chi connectivity index (χ3v) is 4.25. The van der Waals surface area contributed by atoms with Crippen molar-refractivity contribution in [1.82, 2.24) is 15.0 Å². The van der Waals surface area contributed by atoms with Gasteiger partial charge in [-0.3, -0.25) is 4.79 Å². The van der Waals surface area contributed by atoms with Crippen molar-refractivity contribution >= 4 is 28.4 Å². The zero-order valence-electron chi connectivity index (χ0n) is 16.8. The number of aryl methyl sites for hydroxylation is 2. The summed E-state index contributed by atoms with van der Waals surface area (Å²) in [5.41, 5.74) is 2.79. The summed E-state index contributed by atoms with van der Waals surface area (Å²) in [6.07, 6.45) is 0. The van der Waals surface area contributed by atoms with Crippen molar-refractivity contribution in [2.45, 2.75) is 13.8 Å². The molecule has 2 heterocycles. The Kier molecular flexibility index (Phi) is 5.30. The van der Waals surface area contributed by atoms with Crippen molar-refractivity contribution < 1.29 is 14.3 Å². The zero-order valence-corrected chi connectivity index (χ0v) is 16.8. The number of carbonyl (C=O) groups is 1. The maximum atomic E-state index is 12.9. The highest BCUT2D eigenvalue weighted by molar-refractivity contribution is 6.04. The van der Waals surface area contributed by atoms with E-state index in [9.17, 15) is 4.79 Å². The number of nitrogens with zero attached hydrogens (tertiary/aromatic N) is 4. The van der Waals surface area contributed by atoms with E-state index in [0.717, 1.165) is 16.6 Å². The summed E-state index contributed by atoms with van der Waals surface area (Å²) >= 11 is 0. The van der Waals surface area contributed by atoms with E-state index in [2.05, 4.69) is 20.3 Å². The molecule has 3 aromatic rings. The van der Waals surface area contributed by atoms with Gasteiger partial charge < -0.3 is 19.7 Å². The zero-order chi connectivity index (χ0) is 20.4. The molecule has 0 unspecified atom stereocenters. The molecule has 0 aliphatic rings. The second-order valence-electron chi connectivity index (χ2n) is 6.56. The fourth-order valence-corrected chi connectivity index (χ4v) is 2.97. The smallest absolute Gasteiger partial charge is 0.293 e. The maximum Gasteiger partial charge on any atom is 0.293 e. The Hall–Kier alpha value is -3.42. The molecule has 0 saturated heterocycles. The number of aromatic nitrogens is 3. The van der Waals surface area contributed by atoms with Crippen LogP contribution in [0.2, 0.25) is 0 Å². The molecule has 1 amide bonds. The number of carbonyl (C=O) groups excluding carboxylic acids is 1. The Morgan fingerprint density at radius 1 is 1.04 bits per heavy atom. The van der Waals surface area contributed by atoms with Crippen LogP contribution in [0.5, 0.6) is 11.5 Å². The quantitative estimate of drug-likeness (QED) is 0.727. The first-order valence-corrected chi connectivity index (χ1v) is 8.70. The van der Waals surface area contributed by atoms with Crippen molar-refractivity contribution in [3.8, 4) is 11.5 Å². The summed E-state index contributed by atoms with van der Waals surface area (Å²) in [4.78, 5) is 28.1. The van der Waals surface area contributed by atoms with Gasteiger partial charge in [0.15, 0.2) is 5.65 Å². The van der Waals surface area contributed by atoms with Crippen LogP contribution in [-0.2, 0) is 0 Å². The Morgan fingerprint density at radius 3 is 2.43 bits per heavy atom. The summed E-state index contributed by atoms with van der Waals surface area (Å²) in [5, 5.41) is 3.62. The second kappa shape index (κ2) is 7.67. The predicted octanol–water partition coefficient (Wildman–Crippen LogP) is 2.98. The number of rotatable bonds is 5. The lowest BCUT2D eigenvalue weighted by atomic mass is 10.1. The van der Waals surface area contributed by atoms with Crippen LogP contribution >= 0.6 is 0 Å². The lowest BCUT2D eigenvalue weighted by Crippen LogP contribution is -2.20. The van der Waals surface area contributed by atoms with Gasteiger partial charge in [-0.05, 0) is 37.6 Å². The molecule has 3 rings (SSSR count). The van der Waals surface area contributed by atoms with Crippen molar-refractivity contribution in [2.75, 3.05) is 38.5 Å². The van der Waals surface area contributed by atoms with Crippen molar-refractivity contribution in [3.05, 3.63) is 41.3 Å². The van der Waals surface area contributed by atoms with Gasteiger partial charge in [0.25, 0.3) is 5.91 Å². The molecule has 0 aliphatic heterocycles. The van der Waals surface area contributed by atoms with Crippen molar-refractivity contribution in [1.29, 1.82) is 0 Å². The van der Waals surface area contributed by atoms with E-state index in [1.807, 2.05) is 38.9 Å². The minimum atomic E-state index is -0.461. The minimum Gasteiger partial charge on any atom is -0.497 e. The first-order chi connectivity index (χ1) is 13.3. The molecule has 28 heavy (non-hydrogen) atoms. The second-order valence-corrected chi connectivity index (χ2v) is 6.56. The molecule has 0 atom stereocenters. The van der Waals surface area contributed by atoms with Gasteiger partial charge in [-0.2, -0.15) is 0 Å². The van der Waals surface area contributed by atoms with E-state index in [4.69, 9.17) is 9.47 Å². The first-order valence-electron chi connectivity index (χ1n) is 8.70. The van der Waals surface area contributed by atoms with Crippen LogP contribution in [0.1, 0.15) is 21.9 Å². The number of pyridine rings is 1. The number of benzene rings is 1. The van der Waals surface area contributed by atoms with E-state index in [0.29, 0.717) is 28.7 Å². The molecule has 0 aliphatic carbocycles. The van der Waals surface area contributed by atoms with Crippen LogP contribution in [-0.4, -0.2) is 49.2 Å². The standard InChI is InChI=1S/C20H23N5O3/c1-11-9-12(2)21-17-16(11)19(25(3)4)24-18(23-17)20(26)22-14-10-13(27-5)7-8-15(14)28-6/h7-10H,1-6H3,(H,22,26). The minimum absolute atomic E-state index is 0.0265. The molecule has 0 fully saturated rings. The van der Waals surface area contributed by atoms with Gasteiger partial charge >= 0.3 is 0 Å². The topological polar surface area (TPSA) is 89.5 Å². The lowest BCUT2D eigenvalue weighted by Gasteiger charge is -2.17. The van der Waals surface area contributed by atoms with E-state index in [1.165, 1.54) is 7.11 Å². The molecule has 0 spiro atoms. The molecule has 8 heteroatoms. The van der Waals surface area contributed by atoms with Crippen LogP contribution in [0.4, 0.5) is 11.5 Å². The first kappa shape index (κ1) is 19.3. The number of hydrogen-bond donors (Lipinski definition) is 1. The predicted molar refractivity (Wildman–Crippen MR) is 109 cm³/mol. The highest BCUT2D eigenvalue weighted by atomic mass is 16.5. The third kappa shape index (κ3) is 3.66. The molecule has 0 saturated carbocycles. The molecule has 0 radical (unpaired) electrons. The van der Waals surface area contributed by atoms with Crippen LogP contribution < -0.4 is 19.7 Å². The number of nitrogens with one attached hydrogen (secondary N) is 1. The number of hydrogen-bond acceptors (Lipinski definition) is 7. The molecule has 2 aromatic heterocycles. The highest BCUT2D eigenvalue weighted by Gasteiger charge is 2.19. The molecule has 1 aromatic carbocycles. The van der Waals surface area contributed by atoms with E-state index < -0.39 is 5.91 Å². The average Bonchev–Trinajstić information content (AvgIpc) is 2.66. The number of anilines is 2. The maximum absolute atomic E-state index is 12.9. The monoisotopic (exact) mass is 381 g/mol. The van der Waals surface area contributed by atoms with E-state index >= 15 is 0 Å². The summed E-state index contributed by atoms with van der Waals surface area (Å²) < 4.78 is 10.5. The van der Waals surface area contributed by atoms with Crippen LogP contribution in [0, 0.1) is 13.8 Å². The van der Waals surface area contributed by atoms with Gasteiger partial charge in [0.05, 0.1) is 25.3 Å². The third-order valence-electron chi connectivity index (χ3n) is 4.25. The Morgan fingerprint density at radius 2 is 1.79 bits per heavy atom. The summed E-state index contributed by atoms with van der Waals surface area (Å²) in [7, 11) is 6.82. The summed E-state index contributed by atoms with van der Waals surface area (Å²) in [6.45, 7) is 3.87. The molecular formula is C20H23N5O3. The van der Waals surface area contributed by atoms with Crippen molar-refractivity contribution in [3.63, 3.8) is 0 Å². The number of amides is 1. The largest absolute Gasteiger partial charge is 0.497 e. The van der Waals surface area contributed by atoms with Gasteiger partial charge in [-0.1, -0.05) is 0 Å². The average molecular weight is 381 g/mol.